The van der Waals surface area contributed by atoms with Crippen LogP contribution in [0.5, 0.6) is 11.5 Å². The van der Waals surface area contributed by atoms with Crippen LogP contribution in [0.1, 0.15) is 32.7 Å². The fourth-order valence-corrected chi connectivity index (χ4v) is 3.53. The number of fused-ring (bicyclic) bond motifs is 1. The molecule has 0 saturated carbocycles. The summed E-state index contributed by atoms with van der Waals surface area (Å²) >= 11 is 6.33. The number of hydrogen-bond donors (Lipinski definition) is 2. The van der Waals surface area contributed by atoms with Gasteiger partial charge in [0.1, 0.15) is 0 Å². The standard InChI is InChI=1S/C24H21ClN2O4/c25-19-13-16(14-21-22(19)31-12-6-11-30-21)15-26-24(29)18-9-4-5-10-20(18)27-23(28)17-7-2-1-3-8-17/h1-5,7-10,13-14H,6,11-12,15H2,(H,26,29)(H,27,28). The first kappa shape index (κ1) is 20.8. The number of ether oxygens (including phenoxy) is 2. The van der Waals surface area contributed by atoms with Gasteiger partial charge < -0.3 is 20.1 Å². The average Bonchev–Trinajstić information content (AvgIpc) is 3.04. The van der Waals surface area contributed by atoms with Crippen LogP contribution in [-0.2, 0) is 6.54 Å². The second kappa shape index (κ2) is 9.53. The van der Waals surface area contributed by atoms with Crippen molar-refractivity contribution < 1.29 is 19.1 Å². The van der Waals surface area contributed by atoms with Gasteiger partial charge in [0.2, 0.25) is 0 Å². The van der Waals surface area contributed by atoms with Crippen LogP contribution in [-0.4, -0.2) is 25.0 Å². The minimum Gasteiger partial charge on any atom is -0.489 e. The van der Waals surface area contributed by atoms with Crippen molar-refractivity contribution >= 4 is 29.1 Å². The number of amides is 2. The van der Waals surface area contributed by atoms with Gasteiger partial charge in [-0.3, -0.25) is 9.59 Å². The molecular weight excluding hydrogens is 416 g/mol. The molecule has 7 heteroatoms. The third-order valence-electron chi connectivity index (χ3n) is 4.77. The molecule has 3 aromatic rings. The van der Waals surface area contributed by atoms with Gasteiger partial charge in [0, 0.05) is 18.5 Å². The van der Waals surface area contributed by atoms with Crippen LogP contribution in [0, 0.1) is 0 Å². The number of nitrogens with one attached hydrogen (secondary N) is 2. The lowest BCUT2D eigenvalue weighted by Crippen LogP contribution is -2.25. The molecule has 0 aromatic heterocycles. The number of halogens is 1. The first-order valence-corrected chi connectivity index (χ1v) is 10.3. The van der Waals surface area contributed by atoms with Crippen molar-refractivity contribution in [3.8, 4) is 11.5 Å². The highest BCUT2D eigenvalue weighted by molar-refractivity contribution is 6.32. The van der Waals surface area contributed by atoms with Crippen LogP contribution < -0.4 is 20.1 Å². The first-order chi connectivity index (χ1) is 15.1. The Labute approximate surface area is 185 Å². The molecule has 0 fully saturated rings. The lowest BCUT2D eigenvalue weighted by molar-refractivity contribution is 0.0951. The molecule has 4 rings (SSSR count). The van der Waals surface area contributed by atoms with Gasteiger partial charge >= 0.3 is 0 Å². The largest absolute Gasteiger partial charge is 0.489 e. The Hall–Kier alpha value is -3.51. The van der Waals surface area contributed by atoms with Crippen molar-refractivity contribution in [1.82, 2.24) is 5.32 Å². The second-order valence-corrected chi connectivity index (χ2v) is 7.41. The summed E-state index contributed by atoms with van der Waals surface area (Å²) in [5, 5.41) is 6.12. The van der Waals surface area contributed by atoms with Crippen molar-refractivity contribution in [2.75, 3.05) is 18.5 Å². The quantitative estimate of drug-likeness (QED) is 0.608. The zero-order valence-corrected chi connectivity index (χ0v) is 17.4. The van der Waals surface area contributed by atoms with E-state index in [0.29, 0.717) is 46.5 Å². The van der Waals surface area contributed by atoms with E-state index in [0.717, 1.165) is 12.0 Å². The van der Waals surface area contributed by atoms with E-state index in [1.807, 2.05) is 12.1 Å². The molecule has 0 aliphatic carbocycles. The minimum atomic E-state index is -0.313. The highest BCUT2D eigenvalue weighted by Crippen LogP contribution is 2.38. The predicted octanol–water partition coefficient (Wildman–Crippen LogP) is 4.68. The Bertz CT molecular complexity index is 1100. The van der Waals surface area contributed by atoms with Gasteiger partial charge in [-0.15, -0.1) is 0 Å². The first-order valence-electron chi connectivity index (χ1n) is 9.93. The number of carbonyl (C=O) groups is 2. The van der Waals surface area contributed by atoms with E-state index in [2.05, 4.69) is 10.6 Å². The van der Waals surface area contributed by atoms with E-state index >= 15 is 0 Å². The summed E-state index contributed by atoms with van der Waals surface area (Å²) in [5.41, 5.74) is 2.10. The zero-order chi connectivity index (χ0) is 21.6. The molecule has 0 radical (unpaired) electrons. The number of benzene rings is 3. The third kappa shape index (κ3) is 4.98. The average molecular weight is 437 g/mol. The van der Waals surface area contributed by atoms with Gasteiger partial charge in [-0.1, -0.05) is 41.9 Å². The van der Waals surface area contributed by atoms with Crippen molar-refractivity contribution in [2.24, 2.45) is 0 Å². The van der Waals surface area contributed by atoms with E-state index in [-0.39, 0.29) is 18.4 Å². The summed E-state index contributed by atoms with van der Waals surface area (Å²) < 4.78 is 11.3. The predicted molar refractivity (Wildman–Crippen MR) is 119 cm³/mol. The molecule has 0 saturated heterocycles. The van der Waals surface area contributed by atoms with Crippen LogP contribution in [0.25, 0.3) is 0 Å². The molecule has 2 N–H and O–H groups in total. The highest BCUT2D eigenvalue weighted by Gasteiger charge is 2.17. The minimum absolute atomic E-state index is 0.246. The molecule has 2 amide bonds. The molecule has 0 spiro atoms. The Morgan fingerprint density at radius 2 is 1.65 bits per heavy atom. The number of hydrogen-bond acceptors (Lipinski definition) is 4. The van der Waals surface area contributed by atoms with Crippen LogP contribution >= 0.6 is 11.6 Å². The molecule has 6 nitrogen and oxygen atoms in total. The molecule has 31 heavy (non-hydrogen) atoms. The van der Waals surface area contributed by atoms with Crippen LogP contribution in [0.2, 0.25) is 5.02 Å². The van der Waals surface area contributed by atoms with Gasteiger partial charge in [-0.25, -0.2) is 0 Å². The third-order valence-corrected chi connectivity index (χ3v) is 5.05. The summed E-state index contributed by atoms with van der Waals surface area (Å²) in [4.78, 5) is 25.3. The fourth-order valence-electron chi connectivity index (χ4n) is 3.24. The van der Waals surface area contributed by atoms with Crippen LogP contribution in [0.3, 0.4) is 0 Å². The molecular formula is C24H21ClN2O4. The van der Waals surface area contributed by atoms with Crippen molar-refractivity contribution in [3.05, 3.63) is 88.4 Å². The normalized spacial score (nSPS) is 12.5. The van der Waals surface area contributed by atoms with Gasteiger partial charge in [-0.05, 0) is 42.0 Å². The molecule has 1 aliphatic rings. The highest BCUT2D eigenvalue weighted by atomic mass is 35.5. The summed E-state index contributed by atoms with van der Waals surface area (Å²) in [6.07, 6.45) is 0.780. The van der Waals surface area contributed by atoms with E-state index in [9.17, 15) is 9.59 Å². The topological polar surface area (TPSA) is 76.7 Å². The summed E-state index contributed by atoms with van der Waals surface area (Å²) in [6, 6.07) is 19.3. The van der Waals surface area contributed by atoms with E-state index in [4.69, 9.17) is 21.1 Å². The number of carbonyl (C=O) groups excluding carboxylic acids is 2. The smallest absolute Gasteiger partial charge is 0.255 e. The number of anilines is 1. The maximum absolute atomic E-state index is 12.8. The molecule has 0 atom stereocenters. The van der Waals surface area contributed by atoms with Crippen LogP contribution in [0.4, 0.5) is 5.69 Å². The molecule has 158 valence electrons. The monoisotopic (exact) mass is 436 g/mol. The van der Waals surface area contributed by atoms with Gasteiger partial charge in [0.05, 0.1) is 29.5 Å². The van der Waals surface area contributed by atoms with Gasteiger partial charge in [0.25, 0.3) is 11.8 Å². The Morgan fingerprint density at radius 3 is 2.48 bits per heavy atom. The van der Waals surface area contributed by atoms with E-state index in [1.165, 1.54) is 0 Å². The molecule has 0 unspecified atom stereocenters. The van der Waals surface area contributed by atoms with Crippen molar-refractivity contribution in [2.45, 2.75) is 13.0 Å². The molecule has 3 aromatic carbocycles. The SMILES string of the molecule is O=C(Nc1ccccc1C(=O)NCc1cc(Cl)c2c(c1)OCCCO2)c1ccccc1. The second-order valence-electron chi connectivity index (χ2n) is 7.00. The van der Waals surface area contributed by atoms with Crippen molar-refractivity contribution in [3.63, 3.8) is 0 Å². The molecule has 1 aliphatic heterocycles. The Kier molecular flexibility index (Phi) is 6.38. The molecule has 1 heterocycles. The zero-order valence-electron chi connectivity index (χ0n) is 16.7. The summed E-state index contributed by atoms with van der Waals surface area (Å²) in [6.45, 7) is 1.35. The van der Waals surface area contributed by atoms with E-state index < -0.39 is 0 Å². The fraction of sp³-hybridized carbons (Fsp3) is 0.167. The lowest BCUT2D eigenvalue weighted by Gasteiger charge is -2.14. The Balaban J connectivity index is 1.47. The van der Waals surface area contributed by atoms with Gasteiger partial charge in [-0.2, -0.15) is 0 Å². The maximum Gasteiger partial charge on any atom is 0.255 e. The van der Waals surface area contributed by atoms with Gasteiger partial charge in [0.15, 0.2) is 11.5 Å². The van der Waals surface area contributed by atoms with Crippen LogP contribution in [0.15, 0.2) is 66.7 Å². The summed E-state index contributed by atoms with van der Waals surface area (Å²) in [7, 11) is 0. The number of para-hydroxylation sites is 1. The van der Waals surface area contributed by atoms with E-state index in [1.54, 1.807) is 54.6 Å². The molecule has 0 bridgehead atoms. The maximum atomic E-state index is 12.8. The Morgan fingerprint density at radius 1 is 0.903 bits per heavy atom. The summed E-state index contributed by atoms with van der Waals surface area (Å²) in [5.74, 6) is 0.510. The van der Waals surface area contributed by atoms with Crippen molar-refractivity contribution in [1.29, 1.82) is 0 Å². The number of rotatable bonds is 5. The lowest BCUT2D eigenvalue weighted by atomic mass is 10.1.